The number of hydrogen-bond acceptors (Lipinski definition) is 18. The molecule has 666 valence electrons. The molecule has 16 aromatic carbocycles. The molecule has 20 heteroatoms. The number of aromatic amines is 2. The molecule has 0 unspecified atom stereocenters. The fourth-order valence-electron chi connectivity index (χ4n) is 16.4. The van der Waals surface area contributed by atoms with Crippen LogP contribution >= 0.6 is 0 Å². The van der Waals surface area contributed by atoms with Crippen LogP contribution < -0.4 is 56.8 Å². The predicted octanol–water partition coefficient (Wildman–Crippen LogP) is 25.8. The second-order valence-electron chi connectivity index (χ2n) is 32.9. The Morgan fingerprint density at radius 2 is 0.368 bits per heavy atom. The molecule has 0 spiro atoms. The van der Waals surface area contributed by atoms with Gasteiger partial charge in [0, 0.05) is 46.2 Å². The highest BCUT2D eigenvalue weighted by Gasteiger charge is 2.29. The molecule has 5 heterocycles. The Bertz CT molecular complexity index is 6920. The van der Waals surface area contributed by atoms with E-state index < -0.39 is 0 Å². The fourth-order valence-corrected chi connectivity index (χ4v) is 16.4. The van der Waals surface area contributed by atoms with Crippen LogP contribution in [0.5, 0.6) is 69.0 Å². The summed E-state index contributed by atoms with van der Waals surface area (Å²) in [5.41, 5.74) is 15.1. The summed E-state index contributed by atoms with van der Waals surface area (Å²) in [6, 6.07) is 127. The second kappa shape index (κ2) is 40.5. The second-order valence-corrected chi connectivity index (χ2v) is 32.9. The van der Waals surface area contributed by atoms with E-state index in [1.165, 1.54) is 0 Å². The molecular weight excluding hydrogens is 1700 g/mol. The molecule has 0 atom stereocenters. The molecule has 2 N–H and O–H groups in total. The first-order valence-electron chi connectivity index (χ1n) is 45.0. The lowest BCUT2D eigenvalue weighted by Crippen LogP contribution is -2.02. The first-order valence-corrected chi connectivity index (χ1v) is 45.0. The normalized spacial score (nSPS) is 11.3. The summed E-state index contributed by atoms with van der Waals surface area (Å²) in [5, 5.41) is 2.48. The predicted molar refractivity (Wildman–Crippen MR) is 525 cm³/mol. The zero-order valence-electron chi connectivity index (χ0n) is 74.0. The van der Waals surface area contributed by atoms with Crippen LogP contribution in [0.1, 0.15) is 66.8 Å². The Hall–Kier alpha value is -17.5. The Labute approximate surface area is 785 Å². The van der Waals surface area contributed by atoms with Gasteiger partial charge < -0.3 is 66.8 Å². The molecule has 2 aliphatic rings. The summed E-state index contributed by atoms with van der Waals surface area (Å²) in [5.74, 6) is 7.90. The lowest BCUT2D eigenvalue weighted by atomic mass is 10.1. The molecule has 20 nitrogen and oxygen atoms in total. The Morgan fingerprint density at radius 3 is 0.610 bits per heavy atom. The quantitative estimate of drug-likeness (QED) is 0.0373. The summed E-state index contributed by atoms with van der Waals surface area (Å²) in [6.07, 6.45) is 0. The first kappa shape index (κ1) is 85.3. The van der Waals surface area contributed by atoms with Crippen molar-refractivity contribution in [2.45, 2.75) is 79.3 Å². The molecule has 0 aliphatic carbocycles. The monoisotopic (exact) mass is 1790 g/mol. The summed E-state index contributed by atoms with van der Waals surface area (Å²) in [4.78, 5) is 41.0. The van der Waals surface area contributed by atoms with E-state index in [1.807, 2.05) is 388 Å². The third kappa shape index (κ3) is 20.6. The molecule has 2 aliphatic heterocycles. The lowest BCUT2D eigenvalue weighted by molar-refractivity contribution is 0.282. The molecule has 19 aromatic rings. The van der Waals surface area contributed by atoms with Crippen molar-refractivity contribution in [1.29, 1.82) is 0 Å². The molecule has 0 saturated carbocycles. The fraction of sp³-hybridized carbons (Fsp3) is 0.103. The smallest absolute Gasteiger partial charge is 0.168 e. The number of ether oxygens (including phenoxy) is 12. The van der Waals surface area contributed by atoms with Gasteiger partial charge in [0.1, 0.15) is 171 Å². The van der Waals surface area contributed by atoms with Gasteiger partial charge in [-0.05, 0) is 140 Å². The number of aromatic nitrogens is 8. The standard InChI is InChI=1S/C116H90N8O12/c1-9-29-77(30-10-1)65-125-89-53-85(54-90(61-89)126-66-78-31-11-2-12-32-78)73-133-101-49-25-45-97-105(101)113-117-109(97)122-114-107-99(47-27-51-103(107)135-75-87-57-93(129-69-81-37-17-5-18-38-81)63-94(58-87)130-70-82-39-19-6-20-40-82)111(119-114)124-116-108-100(48-28-52-104(108)136-76-88-59-95(131-71-83-41-21-7-22-42-83)64-96(60-88)132-72-84-43-23-8-24-44-84)112(120-116)123-115-106-98(110(118-115)121-113)46-26-50-102(106)134-74-86-55-91(127-67-79-33-13-3-14-34-79)62-92(56-86)128-68-80-35-15-4-16-36-80/h1-64H,65-76H2,(H2,117,118,119,120,121,122,123,124). The summed E-state index contributed by atoms with van der Waals surface area (Å²) >= 11 is 0. The average Bonchev–Trinajstić information content (AvgIpc) is 1.59. The van der Waals surface area contributed by atoms with E-state index in [-0.39, 0.29) is 38.1 Å². The molecule has 0 amide bonds. The SMILES string of the molecule is c1ccc(COc2cc(COc3cccc4c3-c3nc-4nc4[nH]c(nc5nc(nc6[nH]c(n3)c3cccc(OCc7cc(OCc8ccccc8)cc(OCc8ccccc8)c7)c63)-c3cccc(OCc6cc(OCc7ccccc7)cc(OCc7ccccc7)c6)c3-5)c3cccc(OCc5cc(OCc6ccccc6)cc(OCc6ccccc6)c5)c43)cc(OCc3ccccc3)c2)cc1. The van der Waals surface area contributed by atoms with E-state index in [0.717, 1.165) is 66.8 Å². The summed E-state index contributed by atoms with van der Waals surface area (Å²) < 4.78 is 80.9. The van der Waals surface area contributed by atoms with Crippen LogP contribution in [0.15, 0.2) is 388 Å². The van der Waals surface area contributed by atoms with Crippen molar-refractivity contribution in [3.05, 3.63) is 455 Å². The van der Waals surface area contributed by atoms with Crippen molar-refractivity contribution in [1.82, 2.24) is 39.9 Å². The van der Waals surface area contributed by atoms with Crippen molar-refractivity contribution >= 4 is 44.1 Å². The first-order chi connectivity index (χ1) is 67.3. The maximum absolute atomic E-state index is 7.15. The van der Waals surface area contributed by atoms with Gasteiger partial charge >= 0.3 is 0 Å². The van der Waals surface area contributed by atoms with Crippen LogP contribution in [0.4, 0.5) is 0 Å². The summed E-state index contributed by atoms with van der Waals surface area (Å²) in [6.45, 7) is 2.96. The Morgan fingerprint density at radius 1 is 0.162 bits per heavy atom. The van der Waals surface area contributed by atoms with Crippen LogP contribution in [0.25, 0.3) is 89.7 Å². The maximum atomic E-state index is 7.15. The van der Waals surface area contributed by atoms with Gasteiger partial charge in [-0.1, -0.05) is 291 Å². The molecule has 0 saturated heterocycles. The zero-order valence-corrected chi connectivity index (χ0v) is 74.0. The van der Waals surface area contributed by atoms with Gasteiger partial charge in [-0.15, -0.1) is 0 Å². The van der Waals surface area contributed by atoms with Crippen LogP contribution in [-0.2, 0) is 79.3 Å². The minimum Gasteiger partial charge on any atom is -0.489 e. The lowest BCUT2D eigenvalue weighted by Gasteiger charge is -2.14. The molecule has 136 heavy (non-hydrogen) atoms. The zero-order chi connectivity index (χ0) is 91.0. The van der Waals surface area contributed by atoms with E-state index in [4.69, 9.17) is 86.7 Å². The number of H-pyrrole nitrogens is 2. The highest BCUT2D eigenvalue weighted by atomic mass is 16.5. The Kier molecular flexibility index (Phi) is 25.4. The van der Waals surface area contributed by atoms with Crippen molar-refractivity contribution in [2.75, 3.05) is 0 Å². The number of rotatable bonds is 36. The molecule has 3 aromatic heterocycles. The third-order valence-electron chi connectivity index (χ3n) is 23.1. The minimum absolute atomic E-state index is 0.0748. The van der Waals surface area contributed by atoms with E-state index in [0.29, 0.717) is 200 Å². The van der Waals surface area contributed by atoms with Crippen LogP contribution in [-0.4, -0.2) is 39.9 Å². The van der Waals surface area contributed by atoms with Crippen molar-refractivity contribution in [3.63, 3.8) is 0 Å². The van der Waals surface area contributed by atoms with Gasteiger partial charge in [-0.25, -0.2) is 29.9 Å². The molecule has 21 rings (SSSR count). The number of benzene rings is 16. The molecule has 8 bridgehead atoms. The Balaban J connectivity index is 0.723. The number of nitrogens with zero attached hydrogens (tertiary/aromatic N) is 6. The molecule has 0 radical (unpaired) electrons. The highest BCUT2D eigenvalue weighted by Crippen LogP contribution is 2.46. The van der Waals surface area contributed by atoms with Crippen molar-refractivity contribution in [2.24, 2.45) is 0 Å². The van der Waals surface area contributed by atoms with Crippen LogP contribution in [0.3, 0.4) is 0 Å². The largest absolute Gasteiger partial charge is 0.489 e. The number of nitrogens with one attached hydrogen (secondary N) is 2. The van der Waals surface area contributed by atoms with Gasteiger partial charge in [0.05, 0.1) is 21.9 Å². The van der Waals surface area contributed by atoms with Gasteiger partial charge in [-0.3, -0.25) is 0 Å². The van der Waals surface area contributed by atoms with Crippen molar-refractivity contribution < 1.29 is 56.8 Å². The third-order valence-corrected chi connectivity index (χ3v) is 23.1. The highest BCUT2D eigenvalue weighted by molar-refractivity contribution is 6.10. The number of fused-ring (bicyclic) bond motifs is 20. The van der Waals surface area contributed by atoms with Gasteiger partial charge in [0.25, 0.3) is 0 Å². The minimum atomic E-state index is 0.0748. The van der Waals surface area contributed by atoms with Gasteiger partial charge in [-0.2, -0.15) is 0 Å². The van der Waals surface area contributed by atoms with Crippen molar-refractivity contribution in [3.8, 4) is 115 Å². The number of hydrogen-bond donors (Lipinski definition) is 2. The average molecular weight is 1790 g/mol. The van der Waals surface area contributed by atoms with Crippen LogP contribution in [0, 0.1) is 0 Å². The van der Waals surface area contributed by atoms with E-state index in [9.17, 15) is 0 Å². The van der Waals surface area contributed by atoms with E-state index in [2.05, 4.69) is 9.97 Å². The summed E-state index contributed by atoms with van der Waals surface area (Å²) in [7, 11) is 0. The van der Waals surface area contributed by atoms with E-state index in [1.54, 1.807) is 0 Å². The van der Waals surface area contributed by atoms with Crippen LogP contribution in [0.2, 0.25) is 0 Å². The molecule has 0 fully saturated rings. The van der Waals surface area contributed by atoms with Gasteiger partial charge in [0.15, 0.2) is 23.3 Å². The topological polar surface area (TPSA) is 220 Å². The van der Waals surface area contributed by atoms with E-state index >= 15 is 0 Å². The van der Waals surface area contributed by atoms with Gasteiger partial charge in [0.2, 0.25) is 0 Å². The maximum Gasteiger partial charge on any atom is 0.168 e. The molecular formula is C116H90N8O12.